The second-order valence-electron chi connectivity index (χ2n) is 9.17. The Bertz CT molecular complexity index is 983. The summed E-state index contributed by atoms with van der Waals surface area (Å²) in [6, 6.07) is 16.8. The van der Waals surface area contributed by atoms with Crippen LogP contribution in [-0.4, -0.2) is 29.3 Å². The number of rotatable bonds is 6. The van der Waals surface area contributed by atoms with Crippen molar-refractivity contribution < 1.29 is 14.4 Å². The highest BCUT2D eigenvalue weighted by atomic mass is 16.2. The predicted octanol–water partition coefficient (Wildman–Crippen LogP) is 4.20. The maximum absolute atomic E-state index is 13.2. The summed E-state index contributed by atoms with van der Waals surface area (Å²) in [5.41, 5.74) is 1.66. The third-order valence-electron chi connectivity index (χ3n) is 6.80. The monoisotopic (exact) mass is 433 g/mol. The maximum Gasteiger partial charge on any atom is 0.325 e. The maximum atomic E-state index is 13.2. The van der Waals surface area contributed by atoms with Crippen molar-refractivity contribution >= 4 is 17.8 Å². The molecule has 2 unspecified atom stereocenters. The Morgan fingerprint density at radius 2 is 1.72 bits per heavy atom. The molecule has 32 heavy (non-hydrogen) atoms. The van der Waals surface area contributed by atoms with E-state index in [1.165, 1.54) is 6.42 Å². The molecule has 2 aromatic carbocycles. The first-order valence-corrected chi connectivity index (χ1v) is 11.4. The molecule has 0 bridgehead atoms. The summed E-state index contributed by atoms with van der Waals surface area (Å²) in [5, 5.41) is 5.91. The molecule has 0 aromatic heterocycles. The molecule has 6 nitrogen and oxygen atoms in total. The molecular weight excluding hydrogens is 402 g/mol. The van der Waals surface area contributed by atoms with Crippen LogP contribution in [0.1, 0.15) is 61.8 Å². The minimum absolute atomic E-state index is 0.117. The van der Waals surface area contributed by atoms with Gasteiger partial charge in [-0.3, -0.25) is 14.5 Å². The van der Waals surface area contributed by atoms with E-state index in [2.05, 4.69) is 10.6 Å². The largest absolute Gasteiger partial charge is 0.347 e. The Kier molecular flexibility index (Phi) is 6.31. The van der Waals surface area contributed by atoms with Crippen molar-refractivity contribution in [3.8, 4) is 0 Å². The molecule has 0 spiro atoms. The van der Waals surface area contributed by atoms with Crippen molar-refractivity contribution in [3.63, 3.8) is 0 Å². The fourth-order valence-corrected chi connectivity index (χ4v) is 4.89. The first kappa shape index (κ1) is 22.1. The molecule has 2 aliphatic rings. The fourth-order valence-electron chi connectivity index (χ4n) is 4.89. The summed E-state index contributed by atoms with van der Waals surface area (Å²) in [7, 11) is 0. The second kappa shape index (κ2) is 9.15. The Labute approximate surface area is 189 Å². The highest BCUT2D eigenvalue weighted by Gasteiger charge is 2.49. The highest BCUT2D eigenvalue weighted by Crippen LogP contribution is 2.34. The molecule has 1 saturated carbocycles. The minimum atomic E-state index is -1.17. The van der Waals surface area contributed by atoms with Gasteiger partial charge in [0.05, 0.1) is 6.04 Å². The van der Waals surface area contributed by atoms with Gasteiger partial charge in [-0.1, -0.05) is 79.4 Å². The zero-order valence-electron chi connectivity index (χ0n) is 18.8. The first-order valence-electron chi connectivity index (χ1n) is 11.4. The molecule has 2 atom stereocenters. The van der Waals surface area contributed by atoms with Crippen LogP contribution in [0.25, 0.3) is 0 Å². The molecule has 1 heterocycles. The normalized spacial score (nSPS) is 22.5. The van der Waals surface area contributed by atoms with Crippen molar-refractivity contribution in [2.75, 3.05) is 6.54 Å². The van der Waals surface area contributed by atoms with Gasteiger partial charge in [-0.15, -0.1) is 0 Å². The minimum Gasteiger partial charge on any atom is -0.347 e. The lowest BCUT2D eigenvalue weighted by Crippen LogP contribution is -2.45. The number of hydrogen-bond donors (Lipinski definition) is 2. The van der Waals surface area contributed by atoms with E-state index in [1.54, 1.807) is 6.92 Å². The number of imide groups is 1. The van der Waals surface area contributed by atoms with Gasteiger partial charge in [0, 0.05) is 0 Å². The van der Waals surface area contributed by atoms with E-state index in [1.807, 2.05) is 61.5 Å². The van der Waals surface area contributed by atoms with Gasteiger partial charge in [0.25, 0.3) is 5.91 Å². The molecule has 168 valence electrons. The zero-order valence-corrected chi connectivity index (χ0v) is 18.8. The predicted molar refractivity (Wildman–Crippen MR) is 123 cm³/mol. The standard InChI is InChI=1S/C26H31N3O3/c1-18-13-15-21(16-14-18)26(2)24(31)29(25(32)28-26)17-22(30)27-23(19-9-5-3-6-10-19)20-11-7-4-8-12-20/h3,5-6,9-10,13-16,20,23H,4,7-8,11-12,17H2,1-2H3,(H,27,30)(H,28,32). The number of urea groups is 1. The van der Waals surface area contributed by atoms with Crippen LogP contribution in [0, 0.1) is 12.8 Å². The van der Waals surface area contributed by atoms with Crippen molar-refractivity contribution in [3.05, 3.63) is 71.3 Å². The molecule has 4 amide bonds. The molecule has 2 N–H and O–H groups in total. The SMILES string of the molecule is Cc1ccc(C2(C)NC(=O)N(CC(=O)NC(c3ccccc3)C3CCCCC3)C2=O)cc1. The molecule has 1 saturated heterocycles. The number of aryl methyl sites for hydroxylation is 1. The molecule has 2 fully saturated rings. The molecule has 6 heteroatoms. The number of nitrogens with zero attached hydrogens (tertiary/aromatic N) is 1. The van der Waals surface area contributed by atoms with Crippen LogP contribution >= 0.6 is 0 Å². The lowest BCUT2D eigenvalue weighted by Gasteiger charge is -2.31. The van der Waals surface area contributed by atoms with Crippen molar-refractivity contribution in [2.24, 2.45) is 5.92 Å². The van der Waals surface area contributed by atoms with Crippen LogP contribution in [-0.2, 0) is 15.1 Å². The van der Waals surface area contributed by atoms with Gasteiger partial charge in [-0.05, 0) is 43.7 Å². The number of hydrogen-bond acceptors (Lipinski definition) is 3. The van der Waals surface area contributed by atoms with E-state index in [-0.39, 0.29) is 18.5 Å². The second-order valence-corrected chi connectivity index (χ2v) is 9.17. The van der Waals surface area contributed by atoms with Gasteiger partial charge in [-0.25, -0.2) is 4.79 Å². The number of amides is 4. The van der Waals surface area contributed by atoms with Crippen molar-refractivity contribution in [1.29, 1.82) is 0 Å². The van der Waals surface area contributed by atoms with E-state index in [9.17, 15) is 14.4 Å². The summed E-state index contributed by atoms with van der Waals surface area (Å²) < 4.78 is 0. The van der Waals surface area contributed by atoms with Crippen molar-refractivity contribution in [2.45, 2.75) is 57.5 Å². The zero-order chi connectivity index (χ0) is 22.7. The summed E-state index contributed by atoms with van der Waals surface area (Å²) >= 11 is 0. The Morgan fingerprint density at radius 1 is 1.06 bits per heavy atom. The first-order chi connectivity index (χ1) is 15.4. The van der Waals surface area contributed by atoms with E-state index in [0.717, 1.165) is 41.7 Å². The smallest absolute Gasteiger partial charge is 0.325 e. The van der Waals surface area contributed by atoms with E-state index in [4.69, 9.17) is 0 Å². The van der Waals surface area contributed by atoms with Gasteiger partial charge in [0.1, 0.15) is 12.1 Å². The Hall–Kier alpha value is -3.15. The Balaban J connectivity index is 1.49. The lowest BCUT2D eigenvalue weighted by molar-refractivity contribution is -0.135. The summed E-state index contributed by atoms with van der Waals surface area (Å²) in [4.78, 5) is 39.9. The average molecular weight is 434 g/mol. The van der Waals surface area contributed by atoms with Crippen molar-refractivity contribution in [1.82, 2.24) is 15.5 Å². The van der Waals surface area contributed by atoms with Gasteiger partial charge in [0.15, 0.2) is 0 Å². The quantitative estimate of drug-likeness (QED) is 0.670. The van der Waals surface area contributed by atoms with Crippen LogP contribution in [0.3, 0.4) is 0 Å². The lowest BCUT2D eigenvalue weighted by atomic mass is 9.81. The summed E-state index contributed by atoms with van der Waals surface area (Å²) in [5.74, 6) is -0.368. The highest BCUT2D eigenvalue weighted by molar-refractivity contribution is 6.09. The number of carbonyl (C=O) groups is 3. The molecular formula is C26H31N3O3. The van der Waals surface area contributed by atoms with E-state index >= 15 is 0 Å². The number of benzene rings is 2. The summed E-state index contributed by atoms with van der Waals surface area (Å²) in [6.45, 7) is 3.36. The topological polar surface area (TPSA) is 78.5 Å². The van der Waals surface area contributed by atoms with E-state index in [0.29, 0.717) is 11.5 Å². The fraction of sp³-hybridized carbons (Fsp3) is 0.423. The Morgan fingerprint density at radius 3 is 2.38 bits per heavy atom. The van der Waals surface area contributed by atoms with Gasteiger partial charge in [0.2, 0.25) is 5.91 Å². The third kappa shape index (κ3) is 4.40. The molecule has 1 aliphatic heterocycles. The molecule has 2 aromatic rings. The average Bonchev–Trinajstić information content (AvgIpc) is 3.03. The van der Waals surface area contributed by atoms with Crippen LogP contribution in [0.15, 0.2) is 54.6 Å². The van der Waals surface area contributed by atoms with E-state index < -0.39 is 17.5 Å². The van der Waals surface area contributed by atoms with Gasteiger partial charge in [-0.2, -0.15) is 0 Å². The third-order valence-corrected chi connectivity index (χ3v) is 6.80. The molecule has 1 aliphatic carbocycles. The summed E-state index contributed by atoms with van der Waals surface area (Å²) in [6.07, 6.45) is 5.67. The molecule has 0 radical (unpaired) electrons. The van der Waals surface area contributed by atoms with Crippen LogP contribution in [0.2, 0.25) is 0 Å². The van der Waals surface area contributed by atoms with Crippen LogP contribution in [0.5, 0.6) is 0 Å². The van der Waals surface area contributed by atoms with Gasteiger partial charge < -0.3 is 10.6 Å². The number of nitrogens with one attached hydrogen (secondary N) is 2. The number of carbonyl (C=O) groups excluding carboxylic acids is 3. The van der Waals surface area contributed by atoms with Gasteiger partial charge >= 0.3 is 6.03 Å². The van der Waals surface area contributed by atoms with Crippen LogP contribution in [0.4, 0.5) is 4.79 Å². The molecule has 4 rings (SSSR count). The van der Waals surface area contributed by atoms with Crippen LogP contribution < -0.4 is 10.6 Å².